The summed E-state index contributed by atoms with van der Waals surface area (Å²) in [5.41, 5.74) is 0.834. The third kappa shape index (κ3) is 5.97. The number of piperidine rings is 1. The van der Waals surface area contributed by atoms with Crippen LogP contribution in [0.2, 0.25) is 0 Å². The molecule has 1 saturated heterocycles. The highest BCUT2D eigenvalue weighted by Gasteiger charge is 2.26. The van der Waals surface area contributed by atoms with E-state index in [1.165, 1.54) is 0 Å². The van der Waals surface area contributed by atoms with E-state index in [2.05, 4.69) is 10.2 Å². The van der Waals surface area contributed by atoms with Crippen molar-refractivity contribution in [2.75, 3.05) is 38.7 Å². The second-order valence-corrected chi connectivity index (χ2v) is 7.07. The molecule has 1 amide bonds. The van der Waals surface area contributed by atoms with E-state index in [0.29, 0.717) is 12.3 Å². The lowest BCUT2D eigenvalue weighted by molar-refractivity contribution is -0.121. The van der Waals surface area contributed by atoms with Gasteiger partial charge in [-0.25, -0.2) is 0 Å². The summed E-state index contributed by atoms with van der Waals surface area (Å²) in [6, 6.07) is 16.8. The number of β-amino-alcohol motifs (C(OH)–C–C–N with tert-alkyl or cyclic N) is 1. The Bertz CT molecular complexity index is 728. The quantitative estimate of drug-likeness (QED) is 0.732. The molecule has 2 aromatic carbocycles. The average molecular weight is 384 g/mol. The van der Waals surface area contributed by atoms with Gasteiger partial charge in [0.05, 0.1) is 7.11 Å². The van der Waals surface area contributed by atoms with Crippen LogP contribution in [0.5, 0.6) is 11.5 Å². The molecule has 1 heterocycles. The first kappa shape index (κ1) is 20.2. The molecule has 0 radical (unpaired) electrons. The molecular weight excluding hydrogens is 356 g/mol. The zero-order valence-electron chi connectivity index (χ0n) is 16.2. The van der Waals surface area contributed by atoms with Gasteiger partial charge >= 0.3 is 0 Å². The Hall–Kier alpha value is -2.57. The number of rotatable bonds is 8. The van der Waals surface area contributed by atoms with Crippen LogP contribution in [0.4, 0.5) is 5.69 Å². The number of hydrogen-bond acceptors (Lipinski definition) is 5. The number of nitrogens with zero attached hydrogens (tertiary/aromatic N) is 1. The van der Waals surface area contributed by atoms with Crippen LogP contribution in [0.3, 0.4) is 0 Å². The fraction of sp³-hybridized carbons (Fsp3) is 0.409. The van der Waals surface area contributed by atoms with Crippen molar-refractivity contribution in [2.24, 2.45) is 5.92 Å². The lowest BCUT2D eigenvalue weighted by atomic mass is 9.95. The number of anilines is 1. The van der Waals surface area contributed by atoms with Crippen molar-refractivity contribution in [3.05, 3.63) is 54.6 Å². The van der Waals surface area contributed by atoms with Crippen molar-refractivity contribution in [2.45, 2.75) is 18.9 Å². The molecule has 0 aromatic heterocycles. The van der Waals surface area contributed by atoms with Crippen LogP contribution in [-0.2, 0) is 4.79 Å². The van der Waals surface area contributed by atoms with Gasteiger partial charge in [0.25, 0.3) is 0 Å². The minimum atomic E-state index is -0.572. The van der Waals surface area contributed by atoms with Gasteiger partial charge in [-0.2, -0.15) is 0 Å². The Labute approximate surface area is 166 Å². The van der Waals surface area contributed by atoms with Crippen molar-refractivity contribution in [1.82, 2.24) is 4.90 Å². The number of benzene rings is 2. The molecule has 0 saturated carbocycles. The number of aliphatic hydroxyl groups excluding tert-OH is 1. The fourth-order valence-electron chi connectivity index (χ4n) is 3.36. The molecule has 3 rings (SSSR count). The van der Waals surface area contributed by atoms with Crippen LogP contribution in [0.15, 0.2) is 54.6 Å². The number of nitrogens with one attached hydrogen (secondary N) is 1. The fourth-order valence-corrected chi connectivity index (χ4v) is 3.36. The molecule has 150 valence electrons. The first-order chi connectivity index (χ1) is 13.6. The summed E-state index contributed by atoms with van der Waals surface area (Å²) in [6.45, 7) is 2.38. The maximum Gasteiger partial charge on any atom is 0.227 e. The summed E-state index contributed by atoms with van der Waals surface area (Å²) >= 11 is 0. The Morgan fingerprint density at radius 3 is 2.39 bits per heavy atom. The topological polar surface area (TPSA) is 71.0 Å². The molecule has 1 fully saturated rings. The van der Waals surface area contributed by atoms with Crippen LogP contribution >= 0.6 is 0 Å². The Balaban J connectivity index is 1.36. The van der Waals surface area contributed by atoms with Crippen LogP contribution in [0, 0.1) is 5.92 Å². The number of likely N-dealkylation sites (tertiary alicyclic amines) is 1. The van der Waals surface area contributed by atoms with Gasteiger partial charge in [0.2, 0.25) is 5.91 Å². The summed E-state index contributed by atoms with van der Waals surface area (Å²) < 4.78 is 10.8. The summed E-state index contributed by atoms with van der Waals surface area (Å²) in [5.74, 6) is 1.57. The van der Waals surface area contributed by atoms with E-state index in [4.69, 9.17) is 9.47 Å². The van der Waals surface area contributed by atoms with Crippen LogP contribution in [-0.4, -0.2) is 55.4 Å². The summed E-state index contributed by atoms with van der Waals surface area (Å²) in [5, 5.41) is 13.2. The summed E-state index contributed by atoms with van der Waals surface area (Å²) in [6.07, 6.45) is 1.02. The summed E-state index contributed by atoms with van der Waals surface area (Å²) in [4.78, 5) is 14.6. The molecule has 28 heavy (non-hydrogen) atoms. The molecule has 6 nitrogen and oxygen atoms in total. The average Bonchev–Trinajstić information content (AvgIpc) is 2.74. The Morgan fingerprint density at radius 1 is 1.11 bits per heavy atom. The van der Waals surface area contributed by atoms with Crippen molar-refractivity contribution >= 4 is 11.6 Å². The van der Waals surface area contributed by atoms with Gasteiger partial charge < -0.3 is 24.8 Å². The molecule has 2 aromatic rings. The summed E-state index contributed by atoms with van der Waals surface area (Å²) in [7, 11) is 1.62. The minimum Gasteiger partial charge on any atom is -0.497 e. The highest BCUT2D eigenvalue weighted by Crippen LogP contribution is 2.20. The Morgan fingerprint density at radius 2 is 1.75 bits per heavy atom. The van der Waals surface area contributed by atoms with Crippen LogP contribution in [0.1, 0.15) is 12.8 Å². The van der Waals surface area contributed by atoms with E-state index >= 15 is 0 Å². The lowest BCUT2D eigenvalue weighted by Crippen LogP contribution is -2.42. The SMILES string of the molecule is COc1ccc(OCC(O)CN2CCC(C(=O)Nc3ccccc3)CC2)cc1. The van der Waals surface area contributed by atoms with Gasteiger partial charge in [0.1, 0.15) is 24.2 Å². The van der Waals surface area contributed by atoms with Gasteiger partial charge in [-0.15, -0.1) is 0 Å². The van der Waals surface area contributed by atoms with Gasteiger partial charge in [0.15, 0.2) is 0 Å². The van der Waals surface area contributed by atoms with Crippen LogP contribution in [0.25, 0.3) is 0 Å². The normalized spacial score (nSPS) is 16.4. The number of carbonyl (C=O) groups is 1. The molecular formula is C22H28N2O4. The minimum absolute atomic E-state index is 0.0177. The molecule has 0 spiro atoms. The number of hydrogen-bond donors (Lipinski definition) is 2. The van der Waals surface area contributed by atoms with E-state index in [1.807, 2.05) is 54.6 Å². The monoisotopic (exact) mass is 384 g/mol. The third-order valence-electron chi connectivity index (χ3n) is 4.97. The first-order valence-electron chi connectivity index (χ1n) is 9.67. The Kier molecular flexibility index (Phi) is 7.28. The van der Waals surface area contributed by atoms with E-state index in [0.717, 1.165) is 37.4 Å². The molecule has 0 aliphatic carbocycles. The lowest BCUT2D eigenvalue weighted by Gasteiger charge is -2.32. The van der Waals surface area contributed by atoms with Crippen LogP contribution < -0.4 is 14.8 Å². The molecule has 0 bridgehead atoms. The van der Waals surface area contributed by atoms with E-state index in [9.17, 15) is 9.90 Å². The zero-order chi connectivity index (χ0) is 19.8. The largest absolute Gasteiger partial charge is 0.497 e. The predicted octanol–water partition coefficient (Wildman–Crippen LogP) is 2.79. The third-order valence-corrected chi connectivity index (χ3v) is 4.97. The number of ether oxygens (including phenoxy) is 2. The molecule has 1 aliphatic heterocycles. The molecule has 1 aliphatic rings. The van der Waals surface area contributed by atoms with E-state index in [-0.39, 0.29) is 18.4 Å². The zero-order valence-corrected chi connectivity index (χ0v) is 16.2. The van der Waals surface area contributed by atoms with E-state index < -0.39 is 6.10 Å². The maximum atomic E-state index is 12.4. The second kappa shape index (κ2) is 10.1. The number of amides is 1. The van der Waals surface area contributed by atoms with Crippen molar-refractivity contribution in [3.8, 4) is 11.5 Å². The predicted molar refractivity (Wildman–Crippen MR) is 109 cm³/mol. The van der Waals surface area contributed by atoms with Gasteiger partial charge in [-0.3, -0.25) is 4.79 Å². The van der Waals surface area contributed by atoms with Gasteiger partial charge in [-0.1, -0.05) is 18.2 Å². The number of para-hydroxylation sites is 1. The van der Waals surface area contributed by atoms with Crippen molar-refractivity contribution in [3.63, 3.8) is 0 Å². The molecule has 1 unspecified atom stereocenters. The maximum absolute atomic E-state index is 12.4. The van der Waals surface area contributed by atoms with Gasteiger partial charge in [0, 0.05) is 18.2 Å². The molecule has 6 heteroatoms. The van der Waals surface area contributed by atoms with Crippen molar-refractivity contribution in [1.29, 1.82) is 0 Å². The number of carbonyl (C=O) groups excluding carboxylic acids is 1. The first-order valence-corrected chi connectivity index (χ1v) is 9.67. The van der Waals surface area contributed by atoms with Crippen molar-refractivity contribution < 1.29 is 19.4 Å². The van der Waals surface area contributed by atoms with E-state index in [1.54, 1.807) is 7.11 Å². The number of methoxy groups -OCH3 is 1. The smallest absolute Gasteiger partial charge is 0.227 e. The molecule has 2 N–H and O–H groups in total. The number of aliphatic hydroxyl groups is 1. The second-order valence-electron chi connectivity index (χ2n) is 7.07. The van der Waals surface area contributed by atoms with Gasteiger partial charge in [-0.05, 0) is 62.3 Å². The highest BCUT2D eigenvalue weighted by molar-refractivity contribution is 5.92. The molecule has 1 atom stereocenters. The highest BCUT2D eigenvalue weighted by atomic mass is 16.5. The standard InChI is InChI=1S/C22H28N2O4/c1-27-20-7-9-21(10-8-20)28-16-19(25)15-24-13-11-17(12-14-24)22(26)23-18-5-3-2-4-6-18/h2-10,17,19,25H,11-16H2,1H3,(H,23,26).